The van der Waals surface area contributed by atoms with Crippen molar-refractivity contribution in [3.8, 4) is 5.88 Å². The van der Waals surface area contributed by atoms with Crippen molar-refractivity contribution in [1.82, 2.24) is 14.8 Å². The molecule has 1 atom stereocenters. The maximum Gasteiger partial charge on any atom is 0.213 e. The quantitative estimate of drug-likeness (QED) is 0.797. The highest BCUT2D eigenvalue weighted by Gasteiger charge is 2.18. The van der Waals surface area contributed by atoms with Gasteiger partial charge in [-0.15, -0.1) is 0 Å². The maximum absolute atomic E-state index is 5.73. The van der Waals surface area contributed by atoms with Gasteiger partial charge in [-0.25, -0.2) is 9.67 Å². The second kappa shape index (κ2) is 4.33. The topological polar surface area (TPSA) is 49.2 Å². The summed E-state index contributed by atoms with van der Waals surface area (Å²) in [4.78, 5) is 4.35. The van der Waals surface area contributed by atoms with Gasteiger partial charge in [-0.3, -0.25) is 0 Å². The Morgan fingerprint density at radius 1 is 1.41 bits per heavy atom. The molecule has 0 amide bonds. The summed E-state index contributed by atoms with van der Waals surface area (Å²) in [7, 11) is 1.61. The molecule has 3 rings (SSSR count). The minimum Gasteiger partial charge on any atom is -0.481 e. The molecule has 1 unspecified atom stereocenters. The standard InChI is InChI=1S/C12H15N3O2/c1-16-11-6-5-10-9(14-11)8-13-15(10)12-4-2-3-7-17-12/h5-6,8,12H,2-4,7H2,1H3. The van der Waals surface area contributed by atoms with E-state index < -0.39 is 0 Å². The third kappa shape index (κ3) is 1.86. The van der Waals surface area contributed by atoms with Crippen LogP contribution in [0.5, 0.6) is 5.88 Å². The van der Waals surface area contributed by atoms with E-state index in [1.165, 1.54) is 6.42 Å². The van der Waals surface area contributed by atoms with Crippen molar-refractivity contribution in [2.75, 3.05) is 13.7 Å². The molecule has 1 aliphatic rings. The number of hydrogen-bond donors (Lipinski definition) is 0. The summed E-state index contributed by atoms with van der Waals surface area (Å²) in [6.07, 6.45) is 5.16. The van der Waals surface area contributed by atoms with Crippen LogP contribution in [0.1, 0.15) is 25.5 Å². The molecule has 0 spiro atoms. The third-order valence-electron chi connectivity index (χ3n) is 3.07. The molecule has 1 aliphatic heterocycles. The zero-order valence-electron chi connectivity index (χ0n) is 9.80. The van der Waals surface area contributed by atoms with Crippen LogP contribution < -0.4 is 4.74 Å². The molecule has 0 radical (unpaired) electrons. The van der Waals surface area contributed by atoms with Crippen LogP contribution in [0.4, 0.5) is 0 Å². The number of methoxy groups -OCH3 is 1. The number of ether oxygens (including phenoxy) is 2. The molecular weight excluding hydrogens is 218 g/mol. The molecule has 2 aromatic rings. The van der Waals surface area contributed by atoms with Gasteiger partial charge in [0.2, 0.25) is 5.88 Å². The van der Waals surface area contributed by atoms with Crippen LogP contribution in [0.15, 0.2) is 18.3 Å². The third-order valence-corrected chi connectivity index (χ3v) is 3.07. The molecule has 5 heteroatoms. The van der Waals surface area contributed by atoms with Gasteiger partial charge in [0, 0.05) is 12.7 Å². The van der Waals surface area contributed by atoms with Crippen molar-refractivity contribution < 1.29 is 9.47 Å². The molecule has 0 aromatic carbocycles. The molecule has 0 bridgehead atoms. The summed E-state index contributed by atoms with van der Waals surface area (Å²) < 4.78 is 12.7. The number of aromatic nitrogens is 3. The zero-order chi connectivity index (χ0) is 11.7. The minimum atomic E-state index is 0.0523. The Morgan fingerprint density at radius 3 is 3.12 bits per heavy atom. The Hall–Kier alpha value is -1.62. The summed E-state index contributed by atoms with van der Waals surface area (Å²) in [5.41, 5.74) is 1.84. The first-order valence-electron chi connectivity index (χ1n) is 5.88. The fourth-order valence-corrected chi connectivity index (χ4v) is 2.18. The van der Waals surface area contributed by atoms with Gasteiger partial charge in [-0.2, -0.15) is 5.10 Å². The maximum atomic E-state index is 5.73. The average Bonchev–Trinajstić information content (AvgIpc) is 2.82. The fraction of sp³-hybridized carbons (Fsp3) is 0.500. The van der Waals surface area contributed by atoms with Crippen LogP contribution in [-0.4, -0.2) is 28.5 Å². The van der Waals surface area contributed by atoms with E-state index in [9.17, 15) is 0 Å². The Balaban J connectivity index is 1.99. The molecule has 2 aromatic heterocycles. The highest BCUT2D eigenvalue weighted by Crippen LogP contribution is 2.26. The largest absolute Gasteiger partial charge is 0.481 e. The van der Waals surface area contributed by atoms with Gasteiger partial charge in [0.05, 0.1) is 18.8 Å². The Bertz CT molecular complexity index is 517. The lowest BCUT2D eigenvalue weighted by Crippen LogP contribution is -2.18. The first-order valence-corrected chi connectivity index (χ1v) is 5.88. The lowest BCUT2D eigenvalue weighted by Gasteiger charge is -2.23. The second-order valence-corrected chi connectivity index (χ2v) is 4.17. The second-order valence-electron chi connectivity index (χ2n) is 4.17. The number of pyridine rings is 1. The van der Waals surface area contributed by atoms with E-state index in [0.717, 1.165) is 30.5 Å². The van der Waals surface area contributed by atoms with E-state index in [1.54, 1.807) is 13.3 Å². The number of hydrogen-bond acceptors (Lipinski definition) is 4. The summed E-state index contributed by atoms with van der Waals surface area (Å²) in [6, 6.07) is 3.83. The summed E-state index contributed by atoms with van der Waals surface area (Å²) >= 11 is 0. The predicted octanol–water partition coefficient (Wildman–Crippen LogP) is 2.14. The molecule has 1 saturated heterocycles. The van der Waals surface area contributed by atoms with E-state index in [0.29, 0.717) is 5.88 Å². The number of rotatable bonds is 2. The number of nitrogens with zero attached hydrogens (tertiary/aromatic N) is 3. The highest BCUT2D eigenvalue weighted by atomic mass is 16.5. The van der Waals surface area contributed by atoms with E-state index in [1.807, 2.05) is 16.8 Å². The molecule has 90 valence electrons. The molecule has 1 fully saturated rings. The summed E-state index contributed by atoms with van der Waals surface area (Å²) in [5, 5.41) is 4.37. The molecule has 0 saturated carbocycles. The van der Waals surface area contributed by atoms with Gasteiger partial charge in [-0.1, -0.05) is 0 Å². The van der Waals surface area contributed by atoms with Crippen molar-refractivity contribution in [3.05, 3.63) is 18.3 Å². The van der Waals surface area contributed by atoms with E-state index >= 15 is 0 Å². The van der Waals surface area contributed by atoms with Gasteiger partial charge in [-0.05, 0) is 25.3 Å². The van der Waals surface area contributed by atoms with Gasteiger partial charge < -0.3 is 9.47 Å². The molecule has 0 aliphatic carbocycles. The Morgan fingerprint density at radius 2 is 2.35 bits per heavy atom. The summed E-state index contributed by atoms with van der Waals surface area (Å²) in [6.45, 7) is 0.815. The van der Waals surface area contributed by atoms with Crippen LogP contribution in [0.25, 0.3) is 11.0 Å². The van der Waals surface area contributed by atoms with Crippen LogP contribution in [0, 0.1) is 0 Å². The Labute approximate surface area is 99.4 Å². The van der Waals surface area contributed by atoms with Crippen LogP contribution in [0.3, 0.4) is 0 Å². The zero-order valence-corrected chi connectivity index (χ0v) is 9.80. The first kappa shape index (κ1) is 10.5. The summed E-state index contributed by atoms with van der Waals surface area (Å²) in [5.74, 6) is 0.613. The van der Waals surface area contributed by atoms with Crippen LogP contribution in [-0.2, 0) is 4.74 Å². The van der Waals surface area contributed by atoms with Crippen molar-refractivity contribution in [2.24, 2.45) is 0 Å². The van der Waals surface area contributed by atoms with Crippen molar-refractivity contribution in [2.45, 2.75) is 25.5 Å². The number of fused-ring (bicyclic) bond motifs is 1. The van der Waals surface area contributed by atoms with E-state index in [4.69, 9.17) is 9.47 Å². The van der Waals surface area contributed by atoms with E-state index in [-0.39, 0.29) is 6.23 Å². The minimum absolute atomic E-state index is 0.0523. The first-order chi connectivity index (χ1) is 8.38. The predicted molar refractivity (Wildman–Crippen MR) is 62.9 cm³/mol. The van der Waals surface area contributed by atoms with Gasteiger partial charge in [0.25, 0.3) is 0 Å². The Kier molecular flexibility index (Phi) is 2.68. The molecule has 3 heterocycles. The lowest BCUT2D eigenvalue weighted by molar-refractivity contribution is -0.0366. The van der Waals surface area contributed by atoms with Gasteiger partial charge in [0.15, 0.2) is 6.23 Å². The fourth-order valence-electron chi connectivity index (χ4n) is 2.18. The monoisotopic (exact) mass is 233 g/mol. The smallest absolute Gasteiger partial charge is 0.213 e. The molecule has 17 heavy (non-hydrogen) atoms. The van der Waals surface area contributed by atoms with Crippen LogP contribution in [0.2, 0.25) is 0 Å². The van der Waals surface area contributed by atoms with Crippen LogP contribution >= 0.6 is 0 Å². The molecule has 0 N–H and O–H groups in total. The normalized spacial score (nSPS) is 20.6. The van der Waals surface area contributed by atoms with Crippen molar-refractivity contribution in [3.63, 3.8) is 0 Å². The average molecular weight is 233 g/mol. The molecule has 5 nitrogen and oxygen atoms in total. The lowest BCUT2D eigenvalue weighted by atomic mass is 10.2. The van der Waals surface area contributed by atoms with Gasteiger partial charge in [0.1, 0.15) is 5.52 Å². The van der Waals surface area contributed by atoms with Crippen molar-refractivity contribution >= 4 is 11.0 Å². The highest BCUT2D eigenvalue weighted by molar-refractivity contribution is 5.74. The molecular formula is C12H15N3O2. The van der Waals surface area contributed by atoms with E-state index in [2.05, 4.69) is 10.1 Å². The van der Waals surface area contributed by atoms with Crippen molar-refractivity contribution in [1.29, 1.82) is 0 Å². The SMILES string of the molecule is COc1ccc2c(cnn2C2CCCCO2)n1. The van der Waals surface area contributed by atoms with Gasteiger partial charge >= 0.3 is 0 Å².